The van der Waals surface area contributed by atoms with Crippen molar-refractivity contribution < 1.29 is 8.42 Å². The van der Waals surface area contributed by atoms with Crippen molar-refractivity contribution in [1.29, 1.82) is 0 Å². The fourth-order valence-electron chi connectivity index (χ4n) is 2.54. The Labute approximate surface area is 113 Å². The minimum Gasteiger partial charge on any atom is -0.314 e. The summed E-state index contributed by atoms with van der Waals surface area (Å²) in [6.07, 6.45) is 2.99. The van der Waals surface area contributed by atoms with Crippen LogP contribution in [0.1, 0.15) is 0 Å². The van der Waals surface area contributed by atoms with Crippen molar-refractivity contribution in [3.05, 3.63) is 24.5 Å². The molecule has 0 bridgehead atoms. The van der Waals surface area contributed by atoms with E-state index < -0.39 is 10.0 Å². The summed E-state index contributed by atoms with van der Waals surface area (Å²) < 4.78 is 26.1. The molecule has 3 heterocycles. The normalized spacial score (nSPS) is 23.2. The standard InChI is InChI=1S/C12H18N4O2S/c17-19(18,12-2-1-3-14-8-12)16-9-11(10-16)15-6-4-13-5-7-15/h1-3,8,11,13H,4-7,9-10H2. The van der Waals surface area contributed by atoms with Crippen LogP contribution in [0.15, 0.2) is 29.4 Å². The fourth-order valence-corrected chi connectivity index (χ4v) is 4.02. The van der Waals surface area contributed by atoms with Crippen LogP contribution in [0.5, 0.6) is 0 Å². The van der Waals surface area contributed by atoms with Gasteiger partial charge in [0.1, 0.15) is 4.90 Å². The van der Waals surface area contributed by atoms with Gasteiger partial charge in [0, 0.05) is 57.7 Å². The van der Waals surface area contributed by atoms with E-state index in [4.69, 9.17) is 0 Å². The molecule has 0 spiro atoms. The Morgan fingerprint density at radius 1 is 1.26 bits per heavy atom. The molecule has 19 heavy (non-hydrogen) atoms. The maximum Gasteiger partial charge on any atom is 0.244 e. The molecule has 0 aliphatic carbocycles. The summed E-state index contributed by atoms with van der Waals surface area (Å²) in [7, 11) is -3.35. The van der Waals surface area contributed by atoms with Crippen molar-refractivity contribution in [2.75, 3.05) is 39.3 Å². The third-order valence-corrected chi connectivity index (χ3v) is 5.58. The topological polar surface area (TPSA) is 65.5 Å². The number of rotatable bonds is 3. The van der Waals surface area contributed by atoms with Gasteiger partial charge in [-0.1, -0.05) is 0 Å². The first-order valence-corrected chi connectivity index (χ1v) is 7.97. The Balaban J connectivity index is 1.64. The van der Waals surface area contributed by atoms with E-state index in [-0.39, 0.29) is 4.90 Å². The summed E-state index contributed by atoms with van der Waals surface area (Å²) in [6.45, 7) is 5.18. The number of hydrogen-bond acceptors (Lipinski definition) is 5. The lowest BCUT2D eigenvalue weighted by Crippen LogP contribution is -2.63. The molecule has 1 aromatic heterocycles. The molecule has 0 amide bonds. The zero-order valence-corrected chi connectivity index (χ0v) is 11.5. The number of aromatic nitrogens is 1. The molecule has 0 radical (unpaired) electrons. The third-order valence-electron chi connectivity index (χ3n) is 3.77. The summed E-state index contributed by atoms with van der Waals surface area (Å²) in [6, 6.07) is 3.62. The Morgan fingerprint density at radius 2 is 2.00 bits per heavy atom. The molecule has 7 heteroatoms. The first-order chi connectivity index (χ1) is 9.18. The van der Waals surface area contributed by atoms with Gasteiger partial charge in [0.15, 0.2) is 0 Å². The van der Waals surface area contributed by atoms with E-state index in [0.29, 0.717) is 19.1 Å². The van der Waals surface area contributed by atoms with Crippen LogP contribution in [-0.2, 0) is 10.0 Å². The highest BCUT2D eigenvalue weighted by Crippen LogP contribution is 2.23. The van der Waals surface area contributed by atoms with Gasteiger partial charge in [-0.2, -0.15) is 4.31 Å². The molecule has 0 unspecified atom stereocenters. The summed E-state index contributed by atoms with van der Waals surface area (Å²) in [4.78, 5) is 6.53. The number of sulfonamides is 1. The van der Waals surface area contributed by atoms with Crippen LogP contribution < -0.4 is 5.32 Å². The summed E-state index contributed by atoms with van der Waals surface area (Å²) >= 11 is 0. The smallest absolute Gasteiger partial charge is 0.244 e. The quantitative estimate of drug-likeness (QED) is 0.799. The van der Waals surface area contributed by atoms with Crippen molar-refractivity contribution in [3.8, 4) is 0 Å². The monoisotopic (exact) mass is 282 g/mol. The van der Waals surface area contributed by atoms with Crippen LogP contribution in [0, 0.1) is 0 Å². The Morgan fingerprint density at radius 3 is 2.63 bits per heavy atom. The summed E-state index contributed by atoms with van der Waals surface area (Å²) in [5, 5.41) is 3.30. The second-order valence-corrected chi connectivity index (χ2v) is 6.89. The Bertz CT molecular complexity index is 522. The SMILES string of the molecule is O=S(=O)(c1cccnc1)N1CC(N2CCNCC2)C1. The van der Waals surface area contributed by atoms with Gasteiger partial charge in [-0.05, 0) is 12.1 Å². The largest absolute Gasteiger partial charge is 0.314 e. The predicted octanol–water partition coefficient (Wildman–Crippen LogP) is -0.640. The first kappa shape index (κ1) is 13.0. The van der Waals surface area contributed by atoms with Crippen LogP contribution >= 0.6 is 0 Å². The van der Waals surface area contributed by atoms with Gasteiger partial charge in [0.2, 0.25) is 10.0 Å². The van der Waals surface area contributed by atoms with Crippen LogP contribution in [0.3, 0.4) is 0 Å². The van der Waals surface area contributed by atoms with Gasteiger partial charge in [0.05, 0.1) is 0 Å². The number of nitrogens with zero attached hydrogens (tertiary/aromatic N) is 3. The van der Waals surface area contributed by atoms with Gasteiger partial charge in [0.25, 0.3) is 0 Å². The van der Waals surface area contributed by atoms with E-state index in [0.717, 1.165) is 26.2 Å². The van der Waals surface area contributed by atoms with E-state index in [9.17, 15) is 8.42 Å². The second-order valence-electron chi connectivity index (χ2n) is 4.95. The molecule has 104 valence electrons. The molecule has 0 aromatic carbocycles. The molecule has 2 saturated heterocycles. The van der Waals surface area contributed by atoms with Gasteiger partial charge in [-0.25, -0.2) is 8.42 Å². The zero-order valence-electron chi connectivity index (χ0n) is 10.7. The molecule has 1 N–H and O–H groups in total. The van der Waals surface area contributed by atoms with Gasteiger partial charge < -0.3 is 5.32 Å². The molecule has 0 atom stereocenters. The molecule has 2 aliphatic heterocycles. The van der Waals surface area contributed by atoms with Crippen molar-refractivity contribution in [1.82, 2.24) is 19.5 Å². The number of pyridine rings is 1. The fraction of sp³-hybridized carbons (Fsp3) is 0.583. The molecular weight excluding hydrogens is 264 g/mol. The molecule has 2 aliphatic rings. The highest BCUT2D eigenvalue weighted by Gasteiger charge is 2.39. The number of nitrogens with one attached hydrogen (secondary N) is 1. The van der Waals surface area contributed by atoms with E-state index >= 15 is 0 Å². The average molecular weight is 282 g/mol. The maximum atomic E-state index is 12.3. The van der Waals surface area contributed by atoms with E-state index in [2.05, 4.69) is 15.2 Å². The highest BCUT2D eigenvalue weighted by molar-refractivity contribution is 7.89. The lowest BCUT2D eigenvalue weighted by molar-refractivity contribution is 0.0773. The minimum atomic E-state index is -3.35. The van der Waals surface area contributed by atoms with Crippen molar-refractivity contribution in [3.63, 3.8) is 0 Å². The lowest BCUT2D eigenvalue weighted by Gasteiger charge is -2.45. The molecule has 0 saturated carbocycles. The lowest BCUT2D eigenvalue weighted by atomic mass is 10.1. The van der Waals surface area contributed by atoms with Crippen LogP contribution in [0.4, 0.5) is 0 Å². The van der Waals surface area contributed by atoms with Crippen LogP contribution in [0.2, 0.25) is 0 Å². The van der Waals surface area contributed by atoms with Gasteiger partial charge in [-0.3, -0.25) is 9.88 Å². The Hall–Kier alpha value is -1.02. The molecule has 2 fully saturated rings. The first-order valence-electron chi connectivity index (χ1n) is 6.53. The van der Waals surface area contributed by atoms with Crippen LogP contribution in [-0.4, -0.2) is 67.9 Å². The molecule has 6 nitrogen and oxygen atoms in total. The number of hydrogen-bond donors (Lipinski definition) is 1. The van der Waals surface area contributed by atoms with Gasteiger partial charge >= 0.3 is 0 Å². The second kappa shape index (κ2) is 5.16. The number of piperazine rings is 1. The van der Waals surface area contributed by atoms with E-state index in [1.165, 1.54) is 10.5 Å². The molecular formula is C12H18N4O2S. The van der Waals surface area contributed by atoms with Gasteiger partial charge in [-0.15, -0.1) is 0 Å². The average Bonchev–Trinajstić information content (AvgIpc) is 2.39. The van der Waals surface area contributed by atoms with Crippen molar-refractivity contribution >= 4 is 10.0 Å². The highest BCUT2D eigenvalue weighted by atomic mass is 32.2. The summed E-state index contributed by atoms with van der Waals surface area (Å²) in [5.74, 6) is 0. The molecule has 3 rings (SSSR count). The minimum absolute atomic E-state index is 0.286. The van der Waals surface area contributed by atoms with Crippen LogP contribution in [0.25, 0.3) is 0 Å². The van der Waals surface area contributed by atoms with E-state index in [1.807, 2.05) is 0 Å². The van der Waals surface area contributed by atoms with Crippen molar-refractivity contribution in [2.24, 2.45) is 0 Å². The summed E-state index contributed by atoms with van der Waals surface area (Å²) in [5.41, 5.74) is 0. The van der Waals surface area contributed by atoms with Crippen molar-refractivity contribution in [2.45, 2.75) is 10.9 Å². The zero-order chi connectivity index (χ0) is 13.3. The van der Waals surface area contributed by atoms with E-state index in [1.54, 1.807) is 18.3 Å². The third kappa shape index (κ3) is 2.51. The maximum absolute atomic E-state index is 12.3. The Kier molecular flexibility index (Phi) is 3.53. The molecule has 1 aromatic rings. The predicted molar refractivity (Wildman–Crippen MR) is 71.2 cm³/mol.